The van der Waals surface area contributed by atoms with Crippen LogP contribution in [0.25, 0.3) is 16.3 Å². The summed E-state index contributed by atoms with van der Waals surface area (Å²) in [4.78, 5) is 18.8. The quantitative estimate of drug-likeness (QED) is 0.666. The Morgan fingerprint density at radius 1 is 1.31 bits per heavy atom. The second-order valence-electron chi connectivity index (χ2n) is 3.42. The van der Waals surface area contributed by atoms with Crippen LogP contribution in [0.1, 0.15) is 10.6 Å². The fraction of sp³-hybridized carbons (Fsp3) is 0. The number of hydrogen-bond donors (Lipinski definition) is 1. The summed E-state index contributed by atoms with van der Waals surface area (Å²) in [7, 11) is 0. The summed E-state index contributed by atoms with van der Waals surface area (Å²) in [6, 6.07) is 3.72. The molecule has 5 nitrogen and oxygen atoms in total. The molecule has 0 aromatic carbocycles. The number of rotatable bonds is 1. The van der Waals surface area contributed by atoms with Crippen molar-refractivity contribution in [1.29, 1.82) is 0 Å². The molecule has 0 aliphatic heterocycles. The number of nitrogens with zero attached hydrogens (tertiary/aromatic N) is 3. The largest absolute Gasteiger partial charge is 0.475 e. The Kier molecular flexibility index (Phi) is 1.67. The highest BCUT2D eigenvalue weighted by Crippen LogP contribution is 2.19. The molecule has 0 unspecified atom stereocenters. The summed E-state index contributed by atoms with van der Waals surface area (Å²) in [5.74, 6) is -1.02. The molecule has 0 saturated heterocycles. The van der Waals surface area contributed by atoms with E-state index in [0.29, 0.717) is 0 Å². The van der Waals surface area contributed by atoms with Crippen molar-refractivity contribution in [3.63, 3.8) is 0 Å². The van der Waals surface area contributed by atoms with Gasteiger partial charge in [0.15, 0.2) is 0 Å². The van der Waals surface area contributed by atoms with Gasteiger partial charge in [-0.1, -0.05) is 0 Å². The van der Waals surface area contributed by atoms with E-state index in [4.69, 9.17) is 5.11 Å². The summed E-state index contributed by atoms with van der Waals surface area (Å²) < 4.78 is 1.55. The fourth-order valence-electron chi connectivity index (χ4n) is 1.79. The van der Waals surface area contributed by atoms with Crippen molar-refractivity contribution in [2.75, 3.05) is 0 Å². The highest BCUT2D eigenvalue weighted by Gasteiger charge is 2.12. The van der Waals surface area contributed by atoms with Crippen LogP contribution in [0.3, 0.4) is 0 Å². The summed E-state index contributed by atoms with van der Waals surface area (Å²) in [6.45, 7) is 0. The molecule has 0 saturated carbocycles. The highest BCUT2D eigenvalue weighted by molar-refractivity contribution is 5.96. The first-order valence-electron chi connectivity index (χ1n) is 4.70. The molecule has 0 bridgehead atoms. The SMILES string of the molecule is O=C(O)c1ncc2c3cnccc3ccn12. The lowest BCUT2D eigenvalue weighted by molar-refractivity contribution is 0.0683. The van der Waals surface area contributed by atoms with Crippen molar-refractivity contribution in [1.82, 2.24) is 14.4 Å². The van der Waals surface area contributed by atoms with Gasteiger partial charge in [-0.25, -0.2) is 9.78 Å². The lowest BCUT2D eigenvalue weighted by Gasteiger charge is -2.00. The summed E-state index contributed by atoms with van der Waals surface area (Å²) >= 11 is 0. The average Bonchev–Trinajstić information content (AvgIpc) is 2.73. The van der Waals surface area contributed by atoms with Crippen LogP contribution >= 0.6 is 0 Å². The van der Waals surface area contributed by atoms with Gasteiger partial charge in [-0.05, 0) is 17.5 Å². The Morgan fingerprint density at radius 3 is 3.00 bits per heavy atom. The Hall–Kier alpha value is -2.43. The van der Waals surface area contributed by atoms with E-state index in [2.05, 4.69) is 9.97 Å². The number of carbonyl (C=O) groups is 1. The zero-order valence-electron chi connectivity index (χ0n) is 8.16. The third-order valence-corrected chi connectivity index (χ3v) is 2.52. The molecule has 0 amide bonds. The van der Waals surface area contributed by atoms with Crippen LogP contribution in [0.4, 0.5) is 0 Å². The number of fused-ring (bicyclic) bond motifs is 3. The minimum absolute atomic E-state index is 0.0146. The van der Waals surface area contributed by atoms with E-state index in [1.54, 1.807) is 29.2 Å². The maximum atomic E-state index is 10.9. The number of aromatic carboxylic acids is 1. The first kappa shape index (κ1) is 8.84. The molecule has 0 radical (unpaired) electrons. The molecule has 3 rings (SSSR count). The maximum Gasteiger partial charge on any atom is 0.372 e. The van der Waals surface area contributed by atoms with Gasteiger partial charge in [0.2, 0.25) is 5.82 Å². The molecular weight excluding hydrogens is 206 g/mol. The van der Waals surface area contributed by atoms with Gasteiger partial charge in [0.05, 0.1) is 11.7 Å². The van der Waals surface area contributed by atoms with E-state index in [-0.39, 0.29) is 5.82 Å². The second-order valence-corrected chi connectivity index (χ2v) is 3.42. The molecule has 3 aromatic rings. The minimum atomic E-state index is -1.04. The molecule has 78 valence electrons. The standard InChI is InChI=1S/C11H7N3O2/c15-11(16)10-13-6-9-8-5-12-3-1-7(8)2-4-14(9)10/h1-6H,(H,15,16). The summed E-state index contributed by atoms with van der Waals surface area (Å²) in [5.41, 5.74) is 0.753. The van der Waals surface area contributed by atoms with Gasteiger partial charge in [0.25, 0.3) is 0 Å². The van der Waals surface area contributed by atoms with Crippen LogP contribution < -0.4 is 0 Å². The Morgan fingerprint density at radius 2 is 2.19 bits per heavy atom. The lowest BCUT2D eigenvalue weighted by atomic mass is 10.2. The molecular formula is C11H7N3O2. The zero-order valence-corrected chi connectivity index (χ0v) is 8.16. The molecule has 0 fully saturated rings. The number of hydrogen-bond acceptors (Lipinski definition) is 3. The van der Waals surface area contributed by atoms with Crippen molar-refractivity contribution < 1.29 is 9.90 Å². The van der Waals surface area contributed by atoms with E-state index < -0.39 is 5.97 Å². The molecule has 1 N–H and O–H groups in total. The molecule has 3 aromatic heterocycles. The van der Waals surface area contributed by atoms with E-state index >= 15 is 0 Å². The Bertz CT molecular complexity index is 703. The van der Waals surface area contributed by atoms with Crippen molar-refractivity contribution >= 4 is 22.3 Å². The monoisotopic (exact) mass is 213 g/mol. The van der Waals surface area contributed by atoms with Crippen LogP contribution in [-0.2, 0) is 0 Å². The fourth-order valence-corrected chi connectivity index (χ4v) is 1.79. The number of pyridine rings is 2. The highest BCUT2D eigenvalue weighted by atomic mass is 16.4. The van der Waals surface area contributed by atoms with Crippen LogP contribution in [0.2, 0.25) is 0 Å². The lowest BCUT2D eigenvalue weighted by Crippen LogP contribution is -2.03. The molecule has 0 aliphatic carbocycles. The van der Waals surface area contributed by atoms with E-state index in [1.165, 1.54) is 0 Å². The Balaban J connectivity index is 2.49. The number of carboxylic acids is 1. The third-order valence-electron chi connectivity index (χ3n) is 2.52. The smallest absolute Gasteiger partial charge is 0.372 e. The van der Waals surface area contributed by atoms with Gasteiger partial charge in [-0.3, -0.25) is 9.38 Å². The predicted molar refractivity (Wildman–Crippen MR) is 57.5 cm³/mol. The van der Waals surface area contributed by atoms with Gasteiger partial charge in [-0.2, -0.15) is 0 Å². The molecule has 0 aliphatic rings. The maximum absolute atomic E-state index is 10.9. The van der Waals surface area contributed by atoms with Crippen LogP contribution in [0, 0.1) is 0 Å². The average molecular weight is 213 g/mol. The van der Waals surface area contributed by atoms with E-state index in [1.807, 2.05) is 12.1 Å². The minimum Gasteiger partial charge on any atom is -0.475 e. The van der Waals surface area contributed by atoms with Crippen LogP contribution in [0.5, 0.6) is 0 Å². The van der Waals surface area contributed by atoms with Crippen molar-refractivity contribution in [2.24, 2.45) is 0 Å². The van der Waals surface area contributed by atoms with Gasteiger partial charge in [-0.15, -0.1) is 0 Å². The van der Waals surface area contributed by atoms with Crippen molar-refractivity contribution in [3.05, 3.63) is 42.7 Å². The van der Waals surface area contributed by atoms with Crippen molar-refractivity contribution in [3.8, 4) is 0 Å². The number of aromatic nitrogens is 3. The van der Waals surface area contributed by atoms with Crippen LogP contribution in [0.15, 0.2) is 36.9 Å². The third kappa shape index (κ3) is 1.08. The first-order valence-corrected chi connectivity index (χ1v) is 4.70. The normalized spacial score (nSPS) is 11.0. The van der Waals surface area contributed by atoms with Gasteiger partial charge < -0.3 is 5.11 Å². The van der Waals surface area contributed by atoms with E-state index in [0.717, 1.165) is 16.3 Å². The molecule has 0 atom stereocenters. The van der Waals surface area contributed by atoms with Gasteiger partial charge in [0, 0.05) is 24.0 Å². The summed E-state index contributed by atoms with van der Waals surface area (Å²) in [6.07, 6.45) is 6.66. The van der Waals surface area contributed by atoms with Crippen LogP contribution in [-0.4, -0.2) is 25.4 Å². The van der Waals surface area contributed by atoms with E-state index in [9.17, 15) is 4.79 Å². The second kappa shape index (κ2) is 3.03. The van der Waals surface area contributed by atoms with Gasteiger partial charge in [0.1, 0.15) is 0 Å². The zero-order chi connectivity index (χ0) is 11.1. The topological polar surface area (TPSA) is 67.5 Å². The summed E-state index contributed by atoms with van der Waals surface area (Å²) in [5, 5.41) is 10.9. The molecule has 0 spiro atoms. The molecule has 16 heavy (non-hydrogen) atoms. The molecule has 5 heteroatoms. The first-order chi connectivity index (χ1) is 7.77. The number of carboxylic acid groups (broad SMARTS) is 1. The Labute approximate surface area is 90.0 Å². The molecule has 3 heterocycles. The van der Waals surface area contributed by atoms with Gasteiger partial charge >= 0.3 is 5.97 Å². The predicted octanol–water partition coefficient (Wildman–Crippen LogP) is 1.58. The number of imidazole rings is 1. The van der Waals surface area contributed by atoms with Crippen molar-refractivity contribution in [2.45, 2.75) is 0 Å².